The second-order valence-electron chi connectivity index (χ2n) is 5.78. The smallest absolute Gasteiger partial charge is 0.251 e. The Kier molecular flexibility index (Phi) is 6.37. The van der Waals surface area contributed by atoms with Gasteiger partial charge in [0.2, 0.25) is 5.91 Å². The lowest BCUT2D eigenvalue weighted by Crippen LogP contribution is -2.33. The third kappa shape index (κ3) is 5.19. The Morgan fingerprint density at radius 1 is 1.10 bits per heavy atom. The number of nitrogens with one attached hydrogen (secondary N) is 2. The van der Waals surface area contributed by atoms with E-state index in [0.29, 0.717) is 17.8 Å². The predicted molar refractivity (Wildman–Crippen MR) is 85.1 cm³/mol. The van der Waals surface area contributed by atoms with Crippen LogP contribution in [0.3, 0.4) is 0 Å². The fourth-order valence-corrected chi connectivity index (χ4v) is 1.97. The summed E-state index contributed by atoms with van der Waals surface area (Å²) in [5.41, 5.74) is 6.86. The minimum atomic E-state index is -0.214. The zero-order valence-electron chi connectivity index (χ0n) is 13.1. The first-order chi connectivity index (χ1) is 9.85. The van der Waals surface area contributed by atoms with Crippen LogP contribution in [0.25, 0.3) is 0 Å². The zero-order chi connectivity index (χ0) is 16.0. The van der Waals surface area contributed by atoms with Gasteiger partial charge in [0.05, 0.1) is 5.92 Å². The first kappa shape index (κ1) is 17.2. The van der Waals surface area contributed by atoms with Gasteiger partial charge in [-0.3, -0.25) is 9.59 Å². The standard InChI is InChI=1S/C16H25N3O2/c1-10(2)14(9-17)16(21)19-13-7-5-12(6-8-13)15(20)18-11(3)4/h5-8,10-11,14H,9,17H2,1-4H3,(H,18,20)(H,19,21). The summed E-state index contributed by atoms with van der Waals surface area (Å²) in [6, 6.07) is 6.93. The van der Waals surface area contributed by atoms with Crippen molar-refractivity contribution in [2.75, 3.05) is 11.9 Å². The molecule has 0 aliphatic rings. The lowest BCUT2D eigenvalue weighted by molar-refractivity contribution is -0.120. The summed E-state index contributed by atoms with van der Waals surface area (Å²) in [6.45, 7) is 8.07. The number of anilines is 1. The Labute approximate surface area is 126 Å². The molecule has 1 aromatic carbocycles. The zero-order valence-corrected chi connectivity index (χ0v) is 13.1. The van der Waals surface area contributed by atoms with Crippen LogP contribution in [0.4, 0.5) is 5.69 Å². The molecule has 5 heteroatoms. The number of hydrogen-bond donors (Lipinski definition) is 3. The summed E-state index contributed by atoms with van der Waals surface area (Å²) in [5.74, 6) is -0.239. The van der Waals surface area contributed by atoms with Crippen LogP contribution >= 0.6 is 0 Å². The van der Waals surface area contributed by atoms with Gasteiger partial charge in [-0.1, -0.05) is 13.8 Å². The molecule has 0 aromatic heterocycles. The van der Waals surface area contributed by atoms with Crippen LogP contribution in [0, 0.1) is 11.8 Å². The number of carbonyl (C=O) groups is 2. The topological polar surface area (TPSA) is 84.2 Å². The van der Waals surface area contributed by atoms with E-state index in [-0.39, 0.29) is 29.7 Å². The molecule has 0 saturated heterocycles. The molecule has 0 fully saturated rings. The maximum atomic E-state index is 12.1. The molecule has 116 valence electrons. The van der Waals surface area contributed by atoms with Crippen molar-refractivity contribution in [3.05, 3.63) is 29.8 Å². The van der Waals surface area contributed by atoms with Crippen LogP contribution in [0.1, 0.15) is 38.1 Å². The lowest BCUT2D eigenvalue weighted by atomic mass is 9.95. The fraction of sp³-hybridized carbons (Fsp3) is 0.500. The summed E-state index contributed by atoms with van der Waals surface area (Å²) < 4.78 is 0. The first-order valence-corrected chi connectivity index (χ1v) is 7.27. The molecule has 0 aliphatic heterocycles. The van der Waals surface area contributed by atoms with Gasteiger partial charge in [0, 0.05) is 23.8 Å². The van der Waals surface area contributed by atoms with Gasteiger partial charge >= 0.3 is 0 Å². The van der Waals surface area contributed by atoms with Crippen molar-refractivity contribution in [2.45, 2.75) is 33.7 Å². The molecule has 0 saturated carbocycles. The molecule has 4 N–H and O–H groups in total. The van der Waals surface area contributed by atoms with Crippen molar-refractivity contribution in [1.29, 1.82) is 0 Å². The van der Waals surface area contributed by atoms with Crippen LogP contribution < -0.4 is 16.4 Å². The summed E-state index contributed by atoms with van der Waals surface area (Å²) in [4.78, 5) is 23.9. The fourth-order valence-electron chi connectivity index (χ4n) is 1.97. The molecule has 0 aliphatic carbocycles. The van der Waals surface area contributed by atoms with Gasteiger partial charge in [-0.05, 0) is 44.0 Å². The molecule has 0 bridgehead atoms. The maximum absolute atomic E-state index is 12.1. The number of carbonyl (C=O) groups excluding carboxylic acids is 2. The summed E-state index contributed by atoms with van der Waals surface area (Å²) in [5, 5.41) is 5.65. The van der Waals surface area contributed by atoms with E-state index in [9.17, 15) is 9.59 Å². The van der Waals surface area contributed by atoms with Crippen LogP contribution in [-0.4, -0.2) is 24.4 Å². The number of nitrogens with two attached hydrogens (primary N) is 1. The van der Waals surface area contributed by atoms with E-state index in [1.807, 2.05) is 27.7 Å². The largest absolute Gasteiger partial charge is 0.350 e. The van der Waals surface area contributed by atoms with Gasteiger partial charge in [0.25, 0.3) is 5.91 Å². The molecular formula is C16H25N3O2. The highest BCUT2D eigenvalue weighted by molar-refractivity contribution is 5.96. The molecule has 1 aromatic rings. The monoisotopic (exact) mass is 291 g/mol. The SMILES string of the molecule is CC(C)NC(=O)c1ccc(NC(=O)C(CN)C(C)C)cc1. The molecule has 0 spiro atoms. The van der Waals surface area contributed by atoms with Crippen molar-refractivity contribution in [1.82, 2.24) is 5.32 Å². The number of hydrogen-bond acceptors (Lipinski definition) is 3. The van der Waals surface area contributed by atoms with Crippen molar-refractivity contribution in [3.63, 3.8) is 0 Å². The lowest BCUT2D eigenvalue weighted by Gasteiger charge is -2.18. The number of amides is 2. The van der Waals surface area contributed by atoms with Gasteiger partial charge in [0.1, 0.15) is 0 Å². The average molecular weight is 291 g/mol. The van der Waals surface area contributed by atoms with Crippen LogP contribution in [-0.2, 0) is 4.79 Å². The highest BCUT2D eigenvalue weighted by Crippen LogP contribution is 2.15. The van der Waals surface area contributed by atoms with E-state index >= 15 is 0 Å². The number of rotatable bonds is 6. The van der Waals surface area contributed by atoms with E-state index in [1.165, 1.54) is 0 Å². The highest BCUT2D eigenvalue weighted by Gasteiger charge is 2.20. The summed E-state index contributed by atoms with van der Waals surface area (Å²) in [6.07, 6.45) is 0. The molecule has 1 rings (SSSR count). The molecule has 0 radical (unpaired) electrons. The Balaban J connectivity index is 2.70. The van der Waals surface area contributed by atoms with Crippen LogP contribution in [0.5, 0.6) is 0 Å². The van der Waals surface area contributed by atoms with Crippen molar-refractivity contribution in [3.8, 4) is 0 Å². The van der Waals surface area contributed by atoms with Crippen molar-refractivity contribution < 1.29 is 9.59 Å². The molecule has 1 atom stereocenters. The Morgan fingerprint density at radius 2 is 1.67 bits per heavy atom. The Hall–Kier alpha value is -1.88. The van der Waals surface area contributed by atoms with E-state index in [2.05, 4.69) is 10.6 Å². The Bertz CT molecular complexity index is 481. The minimum absolute atomic E-state index is 0.0909. The van der Waals surface area contributed by atoms with Gasteiger partial charge in [-0.25, -0.2) is 0 Å². The molecule has 5 nitrogen and oxygen atoms in total. The molecule has 0 heterocycles. The van der Waals surface area contributed by atoms with E-state index in [4.69, 9.17) is 5.73 Å². The van der Waals surface area contributed by atoms with E-state index in [1.54, 1.807) is 24.3 Å². The second kappa shape index (κ2) is 7.78. The quantitative estimate of drug-likeness (QED) is 0.749. The Morgan fingerprint density at radius 3 is 2.10 bits per heavy atom. The second-order valence-corrected chi connectivity index (χ2v) is 5.78. The molecule has 2 amide bonds. The van der Waals surface area contributed by atoms with Crippen molar-refractivity contribution in [2.24, 2.45) is 17.6 Å². The number of benzene rings is 1. The molecule has 21 heavy (non-hydrogen) atoms. The average Bonchev–Trinajstić information content (AvgIpc) is 2.38. The first-order valence-electron chi connectivity index (χ1n) is 7.27. The minimum Gasteiger partial charge on any atom is -0.350 e. The maximum Gasteiger partial charge on any atom is 0.251 e. The predicted octanol–water partition coefficient (Wildman–Crippen LogP) is 1.99. The normalized spacial score (nSPS) is 12.3. The van der Waals surface area contributed by atoms with Gasteiger partial charge in [0.15, 0.2) is 0 Å². The van der Waals surface area contributed by atoms with Crippen LogP contribution in [0.2, 0.25) is 0 Å². The third-order valence-corrected chi connectivity index (χ3v) is 3.23. The highest BCUT2D eigenvalue weighted by atomic mass is 16.2. The summed E-state index contributed by atoms with van der Waals surface area (Å²) in [7, 11) is 0. The van der Waals surface area contributed by atoms with Crippen LogP contribution in [0.15, 0.2) is 24.3 Å². The molecule has 1 unspecified atom stereocenters. The molecular weight excluding hydrogens is 266 g/mol. The van der Waals surface area contributed by atoms with Gasteiger partial charge < -0.3 is 16.4 Å². The van der Waals surface area contributed by atoms with Gasteiger partial charge in [-0.2, -0.15) is 0 Å². The van der Waals surface area contributed by atoms with E-state index < -0.39 is 0 Å². The van der Waals surface area contributed by atoms with E-state index in [0.717, 1.165) is 0 Å². The van der Waals surface area contributed by atoms with Gasteiger partial charge in [-0.15, -0.1) is 0 Å². The third-order valence-electron chi connectivity index (χ3n) is 3.23. The van der Waals surface area contributed by atoms with Crippen molar-refractivity contribution >= 4 is 17.5 Å². The summed E-state index contributed by atoms with van der Waals surface area (Å²) >= 11 is 0.